The number of nitrogens with zero attached hydrogens (tertiary/aromatic N) is 2. The smallest absolute Gasteiger partial charge is 0.130 e. The highest BCUT2D eigenvalue weighted by molar-refractivity contribution is 6.43. The number of anilines is 2. The minimum Gasteiger partial charge on any atom is -0.339 e. The van der Waals surface area contributed by atoms with Crippen molar-refractivity contribution >= 4 is 34.7 Å². The highest BCUT2D eigenvalue weighted by atomic mass is 35.5. The van der Waals surface area contributed by atoms with Crippen LogP contribution < -0.4 is 5.32 Å². The molecular weight excluding hydrogens is 257 g/mol. The van der Waals surface area contributed by atoms with Crippen molar-refractivity contribution in [3.8, 4) is 6.07 Å². The number of aromatic nitrogens is 1. The number of rotatable bonds is 2. The summed E-state index contributed by atoms with van der Waals surface area (Å²) in [5.41, 5.74) is 1.18. The third-order valence-electron chi connectivity index (χ3n) is 2.11. The van der Waals surface area contributed by atoms with Gasteiger partial charge in [0.2, 0.25) is 0 Å². The van der Waals surface area contributed by atoms with E-state index in [4.69, 9.17) is 28.5 Å². The average Bonchev–Trinajstić information content (AvgIpc) is 2.36. The Bertz CT molecular complexity index is 573. The summed E-state index contributed by atoms with van der Waals surface area (Å²) < 4.78 is 0. The minimum absolute atomic E-state index is 0.445. The van der Waals surface area contributed by atoms with Crippen molar-refractivity contribution in [1.29, 1.82) is 5.26 Å². The van der Waals surface area contributed by atoms with Crippen LogP contribution in [0.15, 0.2) is 36.5 Å². The molecule has 2 rings (SSSR count). The molecule has 1 heterocycles. The molecule has 1 aromatic carbocycles. The lowest BCUT2D eigenvalue weighted by Gasteiger charge is -2.08. The van der Waals surface area contributed by atoms with Gasteiger partial charge >= 0.3 is 0 Å². The topological polar surface area (TPSA) is 48.7 Å². The minimum atomic E-state index is 0.445. The lowest BCUT2D eigenvalue weighted by molar-refractivity contribution is 1.29. The van der Waals surface area contributed by atoms with Crippen LogP contribution in [0.3, 0.4) is 0 Å². The predicted molar refractivity (Wildman–Crippen MR) is 68.7 cm³/mol. The van der Waals surface area contributed by atoms with Gasteiger partial charge in [-0.3, -0.25) is 0 Å². The molecule has 0 bridgehead atoms. The van der Waals surface area contributed by atoms with E-state index >= 15 is 0 Å². The van der Waals surface area contributed by atoms with Gasteiger partial charge in [0, 0.05) is 6.20 Å². The molecular formula is C12H7Cl2N3. The van der Waals surface area contributed by atoms with Crippen LogP contribution >= 0.6 is 23.2 Å². The molecule has 0 unspecified atom stereocenters. The predicted octanol–water partition coefficient (Wildman–Crippen LogP) is 4.00. The van der Waals surface area contributed by atoms with Crippen molar-refractivity contribution in [2.75, 3.05) is 5.32 Å². The molecule has 2 aromatic rings. The van der Waals surface area contributed by atoms with E-state index in [-0.39, 0.29) is 0 Å². The van der Waals surface area contributed by atoms with Gasteiger partial charge in [0.05, 0.1) is 21.3 Å². The summed E-state index contributed by atoms with van der Waals surface area (Å²) in [6, 6.07) is 10.7. The quantitative estimate of drug-likeness (QED) is 0.891. The van der Waals surface area contributed by atoms with Crippen molar-refractivity contribution in [1.82, 2.24) is 4.98 Å². The molecule has 0 saturated heterocycles. The Morgan fingerprint density at radius 2 is 2.00 bits per heavy atom. The highest BCUT2D eigenvalue weighted by Gasteiger charge is 2.04. The highest BCUT2D eigenvalue weighted by Crippen LogP contribution is 2.31. The van der Waals surface area contributed by atoms with Crippen LogP contribution in [-0.4, -0.2) is 4.98 Å². The van der Waals surface area contributed by atoms with Crippen LogP contribution in [0.4, 0.5) is 11.5 Å². The van der Waals surface area contributed by atoms with Gasteiger partial charge in [-0.05, 0) is 24.3 Å². The number of nitriles is 1. The van der Waals surface area contributed by atoms with Gasteiger partial charge in [0.1, 0.15) is 11.9 Å². The maximum absolute atomic E-state index is 8.65. The molecule has 0 saturated carbocycles. The summed E-state index contributed by atoms with van der Waals surface area (Å²) in [7, 11) is 0. The van der Waals surface area contributed by atoms with Crippen LogP contribution in [0.2, 0.25) is 10.0 Å². The third-order valence-corrected chi connectivity index (χ3v) is 2.93. The summed E-state index contributed by atoms with van der Waals surface area (Å²) >= 11 is 11.9. The van der Waals surface area contributed by atoms with E-state index in [1.54, 1.807) is 30.3 Å². The van der Waals surface area contributed by atoms with Gasteiger partial charge in [0.15, 0.2) is 0 Å². The Morgan fingerprint density at radius 3 is 2.65 bits per heavy atom. The molecule has 17 heavy (non-hydrogen) atoms. The number of hydrogen-bond donors (Lipinski definition) is 1. The second-order valence-corrected chi connectivity index (χ2v) is 4.06. The second kappa shape index (κ2) is 5.05. The van der Waals surface area contributed by atoms with Crippen molar-refractivity contribution in [2.24, 2.45) is 0 Å². The summed E-state index contributed by atoms with van der Waals surface area (Å²) in [5, 5.41) is 12.6. The van der Waals surface area contributed by atoms with Crippen molar-refractivity contribution in [3.05, 3.63) is 52.1 Å². The van der Waals surface area contributed by atoms with Gasteiger partial charge in [-0.25, -0.2) is 4.98 Å². The molecule has 0 aliphatic heterocycles. The van der Waals surface area contributed by atoms with Gasteiger partial charge in [0.25, 0.3) is 0 Å². The van der Waals surface area contributed by atoms with E-state index in [0.29, 0.717) is 27.1 Å². The fraction of sp³-hybridized carbons (Fsp3) is 0. The van der Waals surface area contributed by atoms with Crippen molar-refractivity contribution in [3.63, 3.8) is 0 Å². The Hall–Kier alpha value is -1.76. The Labute approximate surface area is 109 Å². The van der Waals surface area contributed by atoms with Gasteiger partial charge in [-0.2, -0.15) is 5.26 Å². The zero-order valence-corrected chi connectivity index (χ0v) is 10.1. The van der Waals surface area contributed by atoms with Crippen LogP contribution in [0, 0.1) is 11.3 Å². The van der Waals surface area contributed by atoms with E-state index in [1.165, 1.54) is 6.20 Å². The molecule has 0 fully saturated rings. The molecule has 1 N–H and O–H groups in total. The first-order valence-electron chi connectivity index (χ1n) is 4.78. The number of halogens is 2. The number of hydrogen-bond acceptors (Lipinski definition) is 3. The summed E-state index contributed by atoms with van der Waals surface area (Å²) in [5.74, 6) is 0.605. The molecule has 0 spiro atoms. The summed E-state index contributed by atoms with van der Waals surface area (Å²) in [4.78, 5) is 4.08. The summed E-state index contributed by atoms with van der Waals surface area (Å²) in [6.07, 6.45) is 1.49. The lowest BCUT2D eigenvalue weighted by Crippen LogP contribution is -1.94. The van der Waals surface area contributed by atoms with Gasteiger partial charge < -0.3 is 5.32 Å². The lowest BCUT2D eigenvalue weighted by atomic mass is 10.3. The maximum atomic E-state index is 8.65. The molecule has 0 radical (unpaired) electrons. The third kappa shape index (κ3) is 2.68. The molecule has 1 aromatic heterocycles. The number of pyridine rings is 1. The number of benzene rings is 1. The van der Waals surface area contributed by atoms with E-state index in [9.17, 15) is 0 Å². The van der Waals surface area contributed by atoms with Crippen LogP contribution in [0.5, 0.6) is 0 Å². The first-order valence-corrected chi connectivity index (χ1v) is 5.53. The van der Waals surface area contributed by atoms with E-state index in [0.717, 1.165) is 0 Å². The van der Waals surface area contributed by atoms with Gasteiger partial charge in [-0.1, -0.05) is 29.3 Å². The van der Waals surface area contributed by atoms with Crippen LogP contribution in [-0.2, 0) is 0 Å². The molecule has 84 valence electrons. The molecule has 5 heteroatoms. The summed E-state index contributed by atoms with van der Waals surface area (Å²) in [6.45, 7) is 0. The zero-order chi connectivity index (χ0) is 12.3. The fourth-order valence-corrected chi connectivity index (χ4v) is 1.62. The Balaban J connectivity index is 2.26. The molecule has 0 atom stereocenters. The Morgan fingerprint density at radius 1 is 1.18 bits per heavy atom. The van der Waals surface area contributed by atoms with E-state index in [1.807, 2.05) is 6.07 Å². The van der Waals surface area contributed by atoms with E-state index < -0.39 is 0 Å². The number of nitrogens with one attached hydrogen (secondary N) is 1. The van der Waals surface area contributed by atoms with E-state index in [2.05, 4.69) is 10.3 Å². The first-order chi connectivity index (χ1) is 8.20. The normalized spacial score (nSPS) is 9.71. The Kier molecular flexibility index (Phi) is 3.48. The van der Waals surface area contributed by atoms with Crippen LogP contribution in [0.25, 0.3) is 0 Å². The monoisotopic (exact) mass is 263 g/mol. The molecule has 3 nitrogen and oxygen atoms in total. The average molecular weight is 264 g/mol. The van der Waals surface area contributed by atoms with Crippen molar-refractivity contribution in [2.45, 2.75) is 0 Å². The standard InChI is InChI=1S/C12H7Cl2N3/c13-9-2-1-3-10(12(9)14)17-11-5-4-8(6-15)7-16-11/h1-5,7H,(H,16,17). The zero-order valence-electron chi connectivity index (χ0n) is 8.61. The molecule has 0 amide bonds. The van der Waals surface area contributed by atoms with Crippen LogP contribution in [0.1, 0.15) is 5.56 Å². The SMILES string of the molecule is N#Cc1ccc(Nc2cccc(Cl)c2Cl)nc1. The van der Waals surface area contributed by atoms with Crippen molar-refractivity contribution < 1.29 is 0 Å². The fourth-order valence-electron chi connectivity index (χ4n) is 1.27. The molecule has 0 aliphatic rings. The second-order valence-electron chi connectivity index (χ2n) is 3.27. The first kappa shape index (κ1) is 11.7. The largest absolute Gasteiger partial charge is 0.339 e. The van der Waals surface area contributed by atoms with Gasteiger partial charge in [-0.15, -0.1) is 0 Å². The molecule has 0 aliphatic carbocycles. The maximum Gasteiger partial charge on any atom is 0.130 e.